The highest BCUT2D eigenvalue weighted by atomic mass is 19.1. The Morgan fingerprint density at radius 1 is 1.10 bits per heavy atom. The van der Waals surface area contributed by atoms with Crippen LogP contribution in [0.1, 0.15) is 5.56 Å². The molecule has 2 aromatic heterocycles. The van der Waals surface area contributed by atoms with Crippen molar-refractivity contribution >= 4 is 23.1 Å². The fourth-order valence-corrected chi connectivity index (χ4v) is 3.74. The predicted molar refractivity (Wildman–Crippen MR) is 110 cm³/mol. The lowest BCUT2D eigenvalue weighted by atomic mass is 10.0. The number of hydrogen-bond acceptors (Lipinski definition) is 4. The van der Waals surface area contributed by atoms with Gasteiger partial charge in [-0.2, -0.15) is 0 Å². The number of nitrogens with zero attached hydrogens (tertiary/aromatic N) is 4. The van der Waals surface area contributed by atoms with Crippen LogP contribution in [0.5, 0.6) is 0 Å². The first-order chi connectivity index (χ1) is 14.0. The summed E-state index contributed by atoms with van der Waals surface area (Å²) in [4.78, 5) is 23.0. The highest BCUT2D eigenvalue weighted by Gasteiger charge is 2.22. The van der Waals surface area contributed by atoms with E-state index in [2.05, 4.69) is 10.3 Å². The fourth-order valence-electron chi connectivity index (χ4n) is 3.74. The topological polar surface area (TPSA) is 62.5 Å². The van der Waals surface area contributed by atoms with Gasteiger partial charge in [-0.15, -0.1) is 0 Å². The van der Waals surface area contributed by atoms with Gasteiger partial charge in [0, 0.05) is 43.3 Å². The smallest absolute Gasteiger partial charge is 0.228 e. The summed E-state index contributed by atoms with van der Waals surface area (Å²) in [6.07, 6.45) is 3.96. The predicted octanol–water partition coefficient (Wildman–Crippen LogP) is 3.76. The molecule has 29 heavy (non-hydrogen) atoms. The van der Waals surface area contributed by atoms with Crippen molar-refractivity contribution in [3.05, 3.63) is 66.2 Å². The van der Waals surface area contributed by atoms with Gasteiger partial charge < -0.3 is 10.2 Å². The molecule has 0 saturated carbocycles. The average molecular weight is 387 g/mol. The molecule has 1 aliphatic heterocycles. The Hall–Kier alpha value is -3.74. The summed E-state index contributed by atoms with van der Waals surface area (Å²) in [5.74, 6) is 0.435. The zero-order chi connectivity index (χ0) is 20.1. The molecule has 0 aliphatic carbocycles. The summed E-state index contributed by atoms with van der Waals surface area (Å²) in [5, 5.41) is 2.86. The van der Waals surface area contributed by atoms with Gasteiger partial charge in [0.1, 0.15) is 5.82 Å². The first-order valence-electron chi connectivity index (χ1n) is 9.25. The maximum Gasteiger partial charge on any atom is 0.228 e. The second-order valence-corrected chi connectivity index (χ2v) is 7.25. The van der Waals surface area contributed by atoms with E-state index in [0.29, 0.717) is 12.1 Å². The van der Waals surface area contributed by atoms with E-state index >= 15 is 0 Å². The zero-order valence-corrected chi connectivity index (χ0v) is 16.0. The molecule has 3 heterocycles. The Labute approximate surface area is 166 Å². The van der Waals surface area contributed by atoms with Gasteiger partial charge in [-0.05, 0) is 42.0 Å². The van der Waals surface area contributed by atoms with Crippen molar-refractivity contribution in [1.82, 2.24) is 14.4 Å². The van der Waals surface area contributed by atoms with Gasteiger partial charge in [0.25, 0.3) is 0 Å². The lowest BCUT2D eigenvalue weighted by molar-refractivity contribution is -0.115. The molecular formula is C22H18FN5O. The Morgan fingerprint density at radius 2 is 1.86 bits per heavy atom. The van der Waals surface area contributed by atoms with Crippen molar-refractivity contribution in [2.75, 3.05) is 24.3 Å². The molecule has 0 atom stereocenters. The quantitative estimate of drug-likeness (QED) is 0.581. The summed E-state index contributed by atoms with van der Waals surface area (Å²) < 4.78 is 15.5. The Balaban J connectivity index is 1.80. The molecule has 0 bridgehead atoms. The molecule has 2 aromatic carbocycles. The molecule has 4 aromatic rings. The van der Waals surface area contributed by atoms with Crippen molar-refractivity contribution in [1.29, 1.82) is 0 Å². The van der Waals surface area contributed by atoms with Crippen LogP contribution in [0.3, 0.4) is 0 Å². The van der Waals surface area contributed by atoms with Crippen LogP contribution in [-0.4, -0.2) is 34.4 Å². The van der Waals surface area contributed by atoms with Crippen molar-refractivity contribution in [2.24, 2.45) is 0 Å². The lowest BCUT2D eigenvalue weighted by Crippen LogP contribution is -2.12. The summed E-state index contributed by atoms with van der Waals surface area (Å²) in [5.41, 5.74) is 5.85. The van der Waals surface area contributed by atoms with Crippen LogP contribution in [-0.2, 0) is 11.2 Å². The van der Waals surface area contributed by atoms with E-state index in [-0.39, 0.29) is 11.7 Å². The largest absolute Gasteiger partial charge is 0.360 e. The molecule has 1 amide bonds. The minimum atomic E-state index is -0.295. The number of benzene rings is 2. The third-order valence-electron chi connectivity index (χ3n) is 5.07. The number of halogens is 1. The first kappa shape index (κ1) is 17.4. The van der Waals surface area contributed by atoms with Gasteiger partial charge in [0.15, 0.2) is 11.5 Å². The highest BCUT2D eigenvalue weighted by Crippen LogP contribution is 2.37. The Morgan fingerprint density at radius 3 is 2.62 bits per heavy atom. The van der Waals surface area contributed by atoms with Crippen LogP contribution in [0.15, 0.2) is 54.9 Å². The SMILES string of the molecule is CN(C)c1nccn2c(-c3ccc4c(c3)CC(=O)N4)c(-c3ccc(F)cc3)nc12. The molecular weight excluding hydrogens is 369 g/mol. The number of imidazole rings is 1. The van der Waals surface area contributed by atoms with Gasteiger partial charge in [-0.1, -0.05) is 6.07 Å². The molecule has 5 rings (SSSR count). The summed E-state index contributed by atoms with van der Waals surface area (Å²) in [7, 11) is 3.84. The van der Waals surface area contributed by atoms with Crippen molar-refractivity contribution in [2.45, 2.75) is 6.42 Å². The van der Waals surface area contributed by atoms with Gasteiger partial charge in [-0.25, -0.2) is 14.4 Å². The van der Waals surface area contributed by atoms with Crippen molar-refractivity contribution < 1.29 is 9.18 Å². The molecule has 1 N–H and O–H groups in total. The van der Waals surface area contributed by atoms with Crippen molar-refractivity contribution in [3.63, 3.8) is 0 Å². The third kappa shape index (κ3) is 2.82. The number of nitrogens with one attached hydrogen (secondary N) is 1. The van der Waals surface area contributed by atoms with Crippen LogP contribution < -0.4 is 10.2 Å². The maximum atomic E-state index is 13.5. The number of aromatic nitrogens is 3. The molecule has 0 saturated heterocycles. The maximum absolute atomic E-state index is 13.5. The second-order valence-electron chi connectivity index (χ2n) is 7.25. The highest BCUT2D eigenvalue weighted by molar-refractivity contribution is 6.00. The van der Waals surface area contributed by atoms with E-state index in [9.17, 15) is 9.18 Å². The average Bonchev–Trinajstić information content (AvgIpc) is 3.27. The number of hydrogen-bond donors (Lipinski definition) is 1. The van der Waals surface area contributed by atoms with E-state index in [0.717, 1.165) is 39.6 Å². The molecule has 0 radical (unpaired) electrons. The molecule has 144 valence electrons. The number of carbonyl (C=O) groups excluding carboxylic acids is 1. The van der Waals surface area contributed by atoms with E-state index in [1.165, 1.54) is 12.1 Å². The fraction of sp³-hybridized carbons (Fsp3) is 0.136. The van der Waals surface area contributed by atoms with Crippen LogP contribution >= 0.6 is 0 Å². The number of carbonyl (C=O) groups is 1. The van der Waals surface area contributed by atoms with Gasteiger partial charge in [0.05, 0.1) is 17.8 Å². The van der Waals surface area contributed by atoms with E-state index < -0.39 is 0 Å². The molecule has 0 fully saturated rings. The molecule has 0 spiro atoms. The molecule has 6 nitrogen and oxygen atoms in total. The molecule has 1 aliphatic rings. The zero-order valence-electron chi connectivity index (χ0n) is 16.0. The summed E-state index contributed by atoms with van der Waals surface area (Å²) >= 11 is 0. The second kappa shape index (κ2) is 6.41. The first-order valence-corrected chi connectivity index (χ1v) is 9.25. The number of fused-ring (bicyclic) bond motifs is 2. The van der Waals surface area contributed by atoms with Gasteiger partial charge in [-0.3, -0.25) is 9.20 Å². The minimum Gasteiger partial charge on any atom is -0.360 e. The van der Waals surface area contributed by atoms with Gasteiger partial charge in [0.2, 0.25) is 5.91 Å². The van der Waals surface area contributed by atoms with E-state index in [4.69, 9.17) is 4.98 Å². The van der Waals surface area contributed by atoms with Gasteiger partial charge >= 0.3 is 0 Å². The molecule has 7 heteroatoms. The minimum absolute atomic E-state index is 0.00635. The Kier molecular flexibility index (Phi) is 3.84. The van der Waals surface area contributed by atoms with E-state index in [1.54, 1.807) is 18.3 Å². The third-order valence-corrected chi connectivity index (χ3v) is 5.07. The van der Waals surface area contributed by atoms with E-state index in [1.807, 2.05) is 47.8 Å². The number of amides is 1. The van der Waals surface area contributed by atoms with Crippen LogP contribution in [0, 0.1) is 5.82 Å². The van der Waals surface area contributed by atoms with Crippen molar-refractivity contribution in [3.8, 4) is 22.5 Å². The monoisotopic (exact) mass is 387 g/mol. The number of anilines is 2. The lowest BCUT2D eigenvalue weighted by Gasteiger charge is -2.12. The standard InChI is InChI=1S/C22H18FN5O/c1-27(2)21-22-26-19(13-3-6-16(23)7-4-13)20(28(22)10-9-24-21)14-5-8-17-15(11-14)12-18(29)25-17/h3-11H,12H2,1-2H3,(H,25,29). The van der Waals surface area contributed by atoms with Crippen LogP contribution in [0.2, 0.25) is 0 Å². The Bertz CT molecular complexity index is 1260. The molecule has 0 unspecified atom stereocenters. The van der Waals surface area contributed by atoms with Crippen LogP contribution in [0.4, 0.5) is 15.9 Å². The normalized spacial score (nSPS) is 12.9. The number of rotatable bonds is 3. The summed E-state index contributed by atoms with van der Waals surface area (Å²) in [6, 6.07) is 12.2. The summed E-state index contributed by atoms with van der Waals surface area (Å²) in [6.45, 7) is 0. The van der Waals surface area contributed by atoms with Crippen LogP contribution in [0.25, 0.3) is 28.2 Å².